The van der Waals surface area contributed by atoms with Gasteiger partial charge < -0.3 is 19.7 Å². The van der Waals surface area contributed by atoms with Gasteiger partial charge >= 0.3 is 6.09 Å². The van der Waals surface area contributed by atoms with Crippen molar-refractivity contribution in [3.05, 3.63) is 0 Å². The van der Waals surface area contributed by atoms with Gasteiger partial charge in [-0.05, 0) is 78.8 Å². The molecule has 1 aliphatic carbocycles. The van der Waals surface area contributed by atoms with Gasteiger partial charge in [-0.3, -0.25) is 0 Å². The van der Waals surface area contributed by atoms with Gasteiger partial charge in [0.25, 0.3) is 0 Å². The molecule has 0 aromatic rings. The number of carbonyl (C=O) groups excluding carboxylic acids is 1. The third-order valence-electron chi connectivity index (χ3n) is 5.68. The Balaban J connectivity index is 1.97. The van der Waals surface area contributed by atoms with Gasteiger partial charge in [-0.1, -0.05) is 39.0 Å². The maximum atomic E-state index is 12.2. The van der Waals surface area contributed by atoms with Crippen molar-refractivity contribution >= 4 is 6.09 Å². The van der Waals surface area contributed by atoms with Crippen molar-refractivity contribution in [3.63, 3.8) is 0 Å². The Hall–Kier alpha value is -0.810. The lowest BCUT2D eigenvalue weighted by Gasteiger charge is -2.35. The van der Waals surface area contributed by atoms with E-state index in [-0.39, 0.29) is 12.1 Å². The average Bonchev–Trinajstić information content (AvgIpc) is 2.67. The summed E-state index contributed by atoms with van der Waals surface area (Å²) in [7, 11) is 1.86. The van der Waals surface area contributed by atoms with Gasteiger partial charge in [0, 0.05) is 19.7 Å². The molecule has 0 radical (unpaired) electrons. The molecular weight excluding hydrogens is 364 g/mol. The molecule has 172 valence electrons. The lowest BCUT2D eigenvalue weighted by Crippen LogP contribution is -2.43. The molecule has 1 amide bonds. The molecule has 1 N–H and O–H groups in total. The van der Waals surface area contributed by atoms with E-state index >= 15 is 0 Å². The highest BCUT2D eigenvalue weighted by atomic mass is 16.6. The zero-order chi connectivity index (χ0) is 21.5. The van der Waals surface area contributed by atoms with E-state index in [0.717, 1.165) is 45.3 Å². The average molecular weight is 413 g/mol. The third kappa shape index (κ3) is 13.2. The van der Waals surface area contributed by atoms with E-state index in [1.165, 1.54) is 51.5 Å². The molecule has 0 aliphatic heterocycles. The number of hydrogen-bond acceptors (Lipinski definition) is 4. The van der Waals surface area contributed by atoms with Crippen LogP contribution in [0.5, 0.6) is 0 Å². The predicted octanol–water partition coefficient (Wildman–Crippen LogP) is 5.91. The summed E-state index contributed by atoms with van der Waals surface area (Å²) in [5.41, 5.74) is -0.434. The van der Waals surface area contributed by atoms with Gasteiger partial charge in [0.2, 0.25) is 0 Å². The topological polar surface area (TPSA) is 50.8 Å². The molecule has 0 aromatic heterocycles. The normalized spacial score (nSPS) is 19.9. The molecule has 29 heavy (non-hydrogen) atoms. The van der Waals surface area contributed by atoms with Gasteiger partial charge in [-0.25, -0.2) is 4.79 Å². The molecule has 0 atom stereocenters. The van der Waals surface area contributed by atoms with Crippen molar-refractivity contribution < 1.29 is 14.3 Å². The molecule has 0 heterocycles. The molecule has 1 saturated carbocycles. The highest BCUT2D eigenvalue weighted by Gasteiger charge is 2.29. The van der Waals surface area contributed by atoms with Crippen LogP contribution in [-0.2, 0) is 9.47 Å². The lowest BCUT2D eigenvalue weighted by molar-refractivity contribution is -0.00581. The number of amides is 1. The van der Waals surface area contributed by atoms with Crippen LogP contribution in [0.2, 0.25) is 0 Å². The molecule has 0 spiro atoms. The van der Waals surface area contributed by atoms with E-state index < -0.39 is 5.60 Å². The minimum absolute atomic E-state index is 0.211. The van der Waals surface area contributed by atoms with Gasteiger partial charge in [0.05, 0.1) is 6.10 Å². The van der Waals surface area contributed by atoms with Crippen molar-refractivity contribution in [3.8, 4) is 0 Å². The molecule has 0 unspecified atom stereocenters. The van der Waals surface area contributed by atoms with Crippen molar-refractivity contribution in [2.45, 2.75) is 122 Å². The number of nitrogens with one attached hydrogen (secondary N) is 1. The molecule has 1 rings (SSSR count). The van der Waals surface area contributed by atoms with E-state index in [0.29, 0.717) is 6.10 Å². The molecular formula is C24H48N2O3. The number of hydrogen-bond donors (Lipinski definition) is 1. The lowest BCUT2D eigenvalue weighted by atomic mass is 9.92. The Kier molecular flexibility index (Phi) is 13.6. The summed E-state index contributed by atoms with van der Waals surface area (Å²) in [6.07, 6.45) is 14.6. The summed E-state index contributed by atoms with van der Waals surface area (Å²) in [4.78, 5) is 14.0. The van der Waals surface area contributed by atoms with E-state index in [4.69, 9.17) is 9.47 Å². The van der Waals surface area contributed by atoms with Crippen molar-refractivity contribution in [1.29, 1.82) is 0 Å². The maximum absolute atomic E-state index is 12.2. The summed E-state index contributed by atoms with van der Waals surface area (Å²) in [6.45, 7) is 11.2. The number of unbranched alkanes of at least 4 members (excludes halogenated alkanes) is 6. The monoisotopic (exact) mass is 412 g/mol. The summed E-state index contributed by atoms with van der Waals surface area (Å²) in [5.74, 6) is 0. The molecule has 5 nitrogen and oxygen atoms in total. The van der Waals surface area contributed by atoms with E-state index in [1.54, 1.807) is 4.90 Å². The minimum atomic E-state index is -0.434. The summed E-state index contributed by atoms with van der Waals surface area (Å²) < 4.78 is 11.6. The fraction of sp³-hybridized carbons (Fsp3) is 0.958. The van der Waals surface area contributed by atoms with Crippen LogP contribution < -0.4 is 5.32 Å². The zero-order valence-electron chi connectivity index (χ0n) is 19.9. The van der Waals surface area contributed by atoms with E-state index in [9.17, 15) is 4.79 Å². The second-order valence-corrected chi connectivity index (χ2v) is 9.62. The minimum Gasteiger partial charge on any atom is -0.444 e. The molecule has 1 aliphatic rings. The van der Waals surface area contributed by atoms with Crippen LogP contribution in [0.15, 0.2) is 0 Å². The standard InChI is InChI=1S/C24H48N2O3/c1-6-7-8-11-18-25-19-12-9-10-13-20-28-22-16-14-21(15-17-22)26(5)23(27)29-24(2,3)4/h21-22,25H,6-20H2,1-5H3/t21-,22-. The highest BCUT2D eigenvalue weighted by molar-refractivity contribution is 5.68. The number of ether oxygens (including phenoxy) is 2. The van der Waals surface area contributed by atoms with E-state index in [1.807, 2.05) is 27.8 Å². The third-order valence-corrected chi connectivity index (χ3v) is 5.68. The molecule has 0 bridgehead atoms. The number of nitrogens with zero attached hydrogens (tertiary/aromatic N) is 1. The second kappa shape index (κ2) is 15.1. The van der Waals surface area contributed by atoms with Crippen molar-refractivity contribution in [2.75, 3.05) is 26.7 Å². The van der Waals surface area contributed by atoms with E-state index in [2.05, 4.69) is 12.2 Å². The summed E-state index contributed by atoms with van der Waals surface area (Å²) >= 11 is 0. The van der Waals surface area contributed by atoms with Gasteiger partial charge in [-0.2, -0.15) is 0 Å². The second-order valence-electron chi connectivity index (χ2n) is 9.62. The molecule has 1 fully saturated rings. The van der Waals surface area contributed by atoms with Crippen molar-refractivity contribution in [1.82, 2.24) is 10.2 Å². The van der Waals surface area contributed by atoms with Gasteiger partial charge in [-0.15, -0.1) is 0 Å². The Morgan fingerprint density at radius 3 is 2.10 bits per heavy atom. The molecule has 0 aromatic carbocycles. The van der Waals surface area contributed by atoms with Crippen LogP contribution in [0.3, 0.4) is 0 Å². The first-order valence-corrected chi connectivity index (χ1v) is 12.1. The first kappa shape index (κ1) is 26.2. The Morgan fingerprint density at radius 1 is 0.931 bits per heavy atom. The fourth-order valence-corrected chi connectivity index (χ4v) is 3.84. The summed E-state index contributed by atoms with van der Waals surface area (Å²) in [5, 5.41) is 3.55. The fourth-order valence-electron chi connectivity index (χ4n) is 3.84. The summed E-state index contributed by atoms with van der Waals surface area (Å²) in [6, 6.07) is 0.277. The quantitative estimate of drug-likeness (QED) is 0.360. The zero-order valence-corrected chi connectivity index (χ0v) is 19.9. The van der Waals surface area contributed by atoms with Crippen LogP contribution >= 0.6 is 0 Å². The van der Waals surface area contributed by atoms with Crippen LogP contribution in [-0.4, -0.2) is 55.5 Å². The van der Waals surface area contributed by atoms with Crippen LogP contribution in [0.1, 0.15) is 105 Å². The Morgan fingerprint density at radius 2 is 1.52 bits per heavy atom. The molecule has 5 heteroatoms. The largest absolute Gasteiger partial charge is 0.444 e. The first-order chi connectivity index (χ1) is 13.8. The highest BCUT2D eigenvalue weighted by Crippen LogP contribution is 2.25. The SMILES string of the molecule is CCCCCCNCCCCCCO[C@H]1CC[C@H](N(C)C(=O)OC(C)(C)C)CC1. The predicted molar refractivity (Wildman–Crippen MR) is 121 cm³/mol. The van der Waals surface area contributed by atoms with Gasteiger partial charge in [0.1, 0.15) is 5.60 Å². The van der Waals surface area contributed by atoms with Crippen LogP contribution in [0.4, 0.5) is 4.79 Å². The Labute approximate surface area is 180 Å². The van der Waals surface area contributed by atoms with Gasteiger partial charge in [0.15, 0.2) is 0 Å². The molecule has 0 saturated heterocycles. The maximum Gasteiger partial charge on any atom is 0.410 e. The first-order valence-electron chi connectivity index (χ1n) is 12.1. The Bertz CT molecular complexity index is 415. The number of rotatable bonds is 14. The van der Waals surface area contributed by atoms with Crippen LogP contribution in [0, 0.1) is 0 Å². The van der Waals surface area contributed by atoms with Crippen LogP contribution in [0.25, 0.3) is 0 Å². The smallest absolute Gasteiger partial charge is 0.410 e. The number of carbonyl (C=O) groups is 1. The van der Waals surface area contributed by atoms with Crippen molar-refractivity contribution in [2.24, 2.45) is 0 Å².